The number of aryl methyl sites for hydroxylation is 2. The van der Waals surface area contributed by atoms with Crippen LogP contribution in [0.3, 0.4) is 0 Å². The van der Waals surface area contributed by atoms with Crippen LogP contribution in [0.15, 0.2) is 18.2 Å². The molecule has 2 heteroatoms. The van der Waals surface area contributed by atoms with E-state index in [1.54, 1.807) is 11.1 Å². The van der Waals surface area contributed by atoms with Crippen LogP contribution in [0.1, 0.15) is 62.3 Å². The fourth-order valence-electron chi connectivity index (χ4n) is 3.89. The molecule has 21 heavy (non-hydrogen) atoms. The van der Waals surface area contributed by atoms with Crippen LogP contribution in [0.2, 0.25) is 0 Å². The van der Waals surface area contributed by atoms with Crippen molar-refractivity contribution in [3.63, 3.8) is 0 Å². The van der Waals surface area contributed by atoms with Gasteiger partial charge in [0.2, 0.25) is 0 Å². The first-order valence-electron chi connectivity index (χ1n) is 8.86. The third kappa shape index (κ3) is 3.67. The van der Waals surface area contributed by atoms with Gasteiger partial charge < -0.3 is 10.2 Å². The summed E-state index contributed by atoms with van der Waals surface area (Å²) in [5.74, 6) is 0. The molecule has 0 bridgehead atoms. The van der Waals surface area contributed by atoms with Crippen LogP contribution >= 0.6 is 0 Å². The van der Waals surface area contributed by atoms with E-state index >= 15 is 0 Å². The predicted molar refractivity (Wildman–Crippen MR) is 89.8 cm³/mol. The zero-order valence-electron chi connectivity index (χ0n) is 13.7. The molecule has 3 rings (SSSR count). The summed E-state index contributed by atoms with van der Waals surface area (Å²) in [6, 6.07) is 8.37. The molecule has 1 aromatic carbocycles. The van der Waals surface area contributed by atoms with Gasteiger partial charge in [-0.1, -0.05) is 25.1 Å². The zero-order valence-corrected chi connectivity index (χ0v) is 13.7. The molecule has 1 heterocycles. The van der Waals surface area contributed by atoms with E-state index in [0.29, 0.717) is 12.1 Å². The molecular formula is C19H30N2. The smallest absolute Gasteiger partial charge is 0.0294 e. The van der Waals surface area contributed by atoms with Crippen LogP contribution < -0.4 is 5.32 Å². The first-order chi connectivity index (χ1) is 10.3. The molecule has 0 spiro atoms. The normalized spacial score (nSPS) is 22.0. The maximum Gasteiger partial charge on any atom is 0.0294 e. The molecule has 1 fully saturated rings. The monoisotopic (exact) mass is 286 g/mol. The van der Waals surface area contributed by atoms with Crippen molar-refractivity contribution in [2.45, 2.75) is 64.5 Å². The van der Waals surface area contributed by atoms with E-state index in [0.717, 1.165) is 0 Å². The topological polar surface area (TPSA) is 15.3 Å². The maximum atomic E-state index is 3.86. The molecule has 116 valence electrons. The average Bonchev–Trinajstić information content (AvgIpc) is 2.55. The molecule has 1 aliphatic carbocycles. The third-order valence-electron chi connectivity index (χ3n) is 5.39. The van der Waals surface area contributed by atoms with Gasteiger partial charge in [0.25, 0.3) is 0 Å². The Kier molecular flexibility index (Phi) is 4.97. The standard InChI is InChI=1S/C19H30N2/c1-3-21-12-10-19(11-13-21)20-15(2)17-9-8-16-6-4-5-7-18(16)14-17/h8-9,14-15,19-20H,3-7,10-13H2,1-2H3. The van der Waals surface area contributed by atoms with Crippen molar-refractivity contribution < 1.29 is 0 Å². The average molecular weight is 286 g/mol. The highest BCUT2D eigenvalue weighted by molar-refractivity contribution is 5.35. The number of rotatable bonds is 4. The molecule has 2 aliphatic rings. The lowest BCUT2D eigenvalue weighted by Gasteiger charge is -2.33. The molecule has 1 aliphatic heterocycles. The number of hydrogen-bond acceptors (Lipinski definition) is 2. The number of likely N-dealkylation sites (tertiary alicyclic amines) is 1. The first-order valence-corrected chi connectivity index (χ1v) is 8.86. The minimum absolute atomic E-state index is 0.482. The van der Waals surface area contributed by atoms with Gasteiger partial charge in [0, 0.05) is 12.1 Å². The van der Waals surface area contributed by atoms with Crippen LogP contribution in [0.5, 0.6) is 0 Å². The van der Waals surface area contributed by atoms with Gasteiger partial charge in [-0.05, 0) is 81.8 Å². The molecule has 0 saturated carbocycles. The van der Waals surface area contributed by atoms with Crippen molar-refractivity contribution in [2.24, 2.45) is 0 Å². The highest BCUT2D eigenvalue weighted by atomic mass is 15.1. The quantitative estimate of drug-likeness (QED) is 0.908. The summed E-state index contributed by atoms with van der Waals surface area (Å²) >= 11 is 0. The number of fused-ring (bicyclic) bond motifs is 1. The molecule has 0 aromatic heterocycles. The van der Waals surface area contributed by atoms with Crippen LogP contribution in [0.4, 0.5) is 0 Å². The maximum absolute atomic E-state index is 3.86. The van der Waals surface area contributed by atoms with E-state index in [-0.39, 0.29) is 0 Å². The number of benzene rings is 1. The molecule has 1 unspecified atom stereocenters. The van der Waals surface area contributed by atoms with Crippen LogP contribution in [-0.2, 0) is 12.8 Å². The van der Waals surface area contributed by atoms with Crippen molar-refractivity contribution in [3.8, 4) is 0 Å². The van der Waals surface area contributed by atoms with E-state index in [4.69, 9.17) is 0 Å². The van der Waals surface area contributed by atoms with Crippen molar-refractivity contribution in [1.82, 2.24) is 10.2 Å². The van der Waals surface area contributed by atoms with E-state index in [1.807, 2.05) is 0 Å². The van der Waals surface area contributed by atoms with Gasteiger partial charge >= 0.3 is 0 Å². The van der Waals surface area contributed by atoms with Gasteiger partial charge in [-0.25, -0.2) is 0 Å². The predicted octanol–water partition coefficient (Wildman–Crippen LogP) is 3.70. The largest absolute Gasteiger partial charge is 0.307 e. The summed E-state index contributed by atoms with van der Waals surface area (Å²) in [5.41, 5.74) is 4.68. The van der Waals surface area contributed by atoms with Crippen molar-refractivity contribution >= 4 is 0 Å². The minimum Gasteiger partial charge on any atom is -0.307 e. The van der Waals surface area contributed by atoms with Crippen LogP contribution in [0, 0.1) is 0 Å². The lowest BCUT2D eigenvalue weighted by molar-refractivity contribution is 0.200. The second-order valence-electron chi connectivity index (χ2n) is 6.83. The fourth-order valence-corrected chi connectivity index (χ4v) is 3.89. The Morgan fingerprint density at radius 2 is 1.86 bits per heavy atom. The molecule has 0 radical (unpaired) electrons. The highest BCUT2D eigenvalue weighted by Gasteiger charge is 2.20. The molecule has 1 N–H and O–H groups in total. The first kappa shape index (κ1) is 15.1. The number of nitrogens with zero attached hydrogens (tertiary/aromatic N) is 1. The van der Waals surface area contributed by atoms with E-state index in [1.165, 1.54) is 63.7 Å². The lowest BCUT2D eigenvalue weighted by Crippen LogP contribution is -2.43. The molecule has 1 saturated heterocycles. The van der Waals surface area contributed by atoms with Gasteiger partial charge in [-0.15, -0.1) is 0 Å². The Bertz CT molecular complexity index is 461. The van der Waals surface area contributed by atoms with Crippen LogP contribution in [-0.4, -0.2) is 30.6 Å². The SMILES string of the molecule is CCN1CCC(NC(C)c2ccc3c(c2)CCCC3)CC1. The Morgan fingerprint density at radius 1 is 1.14 bits per heavy atom. The van der Waals surface area contributed by atoms with E-state index < -0.39 is 0 Å². The van der Waals surface area contributed by atoms with Crippen LogP contribution in [0.25, 0.3) is 0 Å². The molecular weight excluding hydrogens is 256 g/mol. The number of nitrogens with one attached hydrogen (secondary N) is 1. The summed E-state index contributed by atoms with van der Waals surface area (Å²) in [4.78, 5) is 2.56. The van der Waals surface area contributed by atoms with Gasteiger partial charge in [0.05, 0.1) is 0 Å². The third-order valence-corrected chi connectivity index (χ3v) is 5.39. The van der Waals surface area contributed by atoms with Gasteiger partial charge in [-0.3, -0.25) is 0 Å². The summed E-state index contributed by atoms with van der Waals surface area (Å²) in [6.07, 6.45) is 7.90. The zero-order chi connectivity index (χ0) is 14.7. The Morgan fingerprint density at radius 3 is 2.57 bits per heavy atom. The second-order valence-corrected chi connectivity index (χ2v) is 6.83. The Labute approximate surface area is 129 Å². The second kappa shape index (κ2) is 6.93. The van der Waals surface area contributed by atoms with Gasteiger partial charge in [0.1, 0.15) is 0 Å². The van der Waals surface area contributed by atoms with Gasteiger partial charge in [0.15, 0.2) is 0 Å². The molecule has 0 amide bonds. The van der Waals surface area contributed by atoms with Crippen molar-refractivity contribution in [1.29, 1.82) is 0 Å². The minimum atomic E-state index is 0.482. The van der Waals surface area contributed by atoms with Crippen molar-refractivity contribution in [3.05, 3.63) is 34.9 Å². The van der Waals surface area contributed by atoms with E-state index in [9.17, 15) is 0 Å². The molecule has 1 aromatic rings. The number of hydrogen-bond donors (Lipinski definition) is 1. The van der Waals surface area contributed by atoms with Gasteiger partial charge in [-0.2, -0.15) is 0 Å². The molecule has 2 nitrogen and oxygen atoms in total. The Balaban J connectivity index is 1.59. The number of piperidine rings is 1. The summed E-state index contributed by atoms with van der Waals surface area (Å²) in [6.45, 7) is 8.31. The molecule has 1 atom stereocenters. The summed E-state index contributed by atoms with van der Waals surface area (Å²) in [7, 11) is 0. The lowest BCUT2D eigenvalue weighted by atomic mass is 9.89. The summed E-state index contributed by atoms with van der Waals surface area (Å²) in [5, 5.41) is 3.86. The fraction of sp³-hybridized carbons (Fsp3) is 0.684. The Hall–Kier alpha value is -0.860. The van der Waals surface area contributed by atoms with E-state index in [2.05, 4.69) is 42.3 Å². The highest BCUT2D eigenvalue weighted by Crippen LogP contribution is 2.25. The van der Waals surface area contributed by atoms with Crippen molar-refractivity contribution in [2.75, 3.05) is 19.6 Å². The summed E-state index contributed by atoms with van der Waals surface area (Å²) < 4.78 is 0.